The number of nitrogens with one attached hydrogen (secondary N) is 1. The summed E-state index contributed by atoms with van der Waals surface area (Å²) >= 11 is 0. The molecule has 0 aliphatic heterocycles. The van der Waals surface area contributed by atoms with Crippen LogP contribution >= 0.6 is 12.4 Å². The third-order valence-electron chi connectivity index (χ3n) is 3.48. The van der Waals surface area contributed by atoms with Gasteiger partial charge in [-0.1, -0.05) is 0 Å². The normalized spacial score (nSPS) is 11.1. The van der Waals surface area contributed by atoms with Crippen molar-refractivity contribution in [2.24, 2.45) is 12.8 Å². The highest BCUT2D eigenvalue weighted by Crippen LogP contribution is 2.23. The van der Waals surface area contributed by atoms with Gasteiger partial charge in [0, 0.05) is 19.8 Å². The molecule has 4 aromatic rings. The Bertz CT molecular complexity index is 958. The van der Waals surface area contributed by atoms with Crippen LogP contribution in [0.25, 0.3) is 28.3 Å². The second-order valence-electron chi connectivity index (χ2n) is 5.19. The van der Waals surface area contributed by atoms with Gasteiger partial charge in [-0.3, -0.25) is 4.68 Å². The number of anilines is 1. The quantitative estimate of drug-likeness (QED) is 0.525. The van der Waals surface area contributed by atoms with E-state index in [-0.39, 0.29) is 12.4 Å². The molecule has 3 N–H and O–H groups in total. The van der Waals surface area contributed by atoms with Gasteiger partial charge in [-0.05, 0) is 25.1 Å². The molecule has 0 aromatic carbocycles. The van der Waals surface area contributed by atoms with Gasteiger partial charge in [-0.15, -0.1) is 17.5 Å². The molecule has 24 heavy (non-hydrogen) atoms. The minimum Gasteiger partial charge on any atom is -0.461 e. The van der Waals surface area contributed by atoms with Crippen molar-refractivity contribution < 1.29 is 4.42 Å². The number of halogens is 1. The average Bonchev–Trinajstić information content (AvgIpc) is 3.24. The van der Waals surface area contributed by atoms with Gasteiger partial charge < -0.3 is 15.5 Å². The van der Waals surface area contributed by atoms with E-state index in [0.717, 1.165) is 11.8 Å². The largest absolute Gasteiger partial charge is 0.461 e. The van der Waals surface area contributed by atoms with Crippen molar-refractivity contribution in [2.75, 3.05) is 18.4 Å². The Balaban J connectivity index is 0.00000169. The Hall–Kier alpha value is -2.65. The van der Waals surface area contributed by atoms with Gasteiger partial charge in [0.2, 0.25) is 11.8 Å². The fourth-order valence-electron chi connectivity index (χ4n) is 2.43. The molecule has 0 aliphatic rings. The molecule has 0 bridgehead atoms. The molecule has 4 aromatic heterocycles. The van der Waals surface area contributed by atoms with Crippen molar-refractivity contribution >= 4 is 35.0 Å². The number of nitrogens with two attached hydrogens (primary N) is 1. The first-order valence-electron chi connectivity index (χ1n) is 7.34. The zero-order valence-corrected chi connectivity index (χ0v) is 13.8. The first-order chi connectivity index (χ1) is 11.3. The van der Waals surface area contributed by atoms with Gasteiger partial charge in [0.05, 0.1) is 11.6 Å². The third-order valence-corrected chi connectivity index (χ3v) is 3.48. The van der Waals surface area contributed by atoms with Gasteiger partial charge in [-0.2, -0.15) is 14.6 Å². The van der Waals surface area contributed by atoms with Crippen molar-refractivity contribution in [1.82, 2.24) is 29.4 Å². The van der Waals surface area contributed by atoms with E-state index in [9.17, 15) is 0 Å². The lowest BCUT2D eigenvalue weighted by atomic mass is 10.4. The lowest BCUT2D eigenvalue weighted by molar-refractivity contribution is 0.577. The van der Waals surface area contributed by atoms with Crippen LogP contribution in [0.4, 0.5) is 5.95 Å². The maximum atomic E-state index is 5.54. The van der Waals surface area contributed by atoms with Gasteiger partial charge in [0.15, 0.2) is 17.1 Å². The standard InChI is InChI=1S/C14H16N8O.ClH/c1-21-8-9-11(19-21)18-14(16-6-3-5-15)22-13(9)17-12(20-22)10-4-2-7-23-10;/h2,4,7-8H,3,5-6,15H2,1H3,(H,16,18,19);1H. The van der Waals surface area contributed by atoms with E-state index >= 15 is 0 Å². The highest BCUT2D eigenvalue weighted by atomic mass is 35.5. The monoisotopic (exact) mass is 348 g/mol. The van der Waals surface area contributed by atoms with Crippen LogP contribution in [-0.4, -0.2) is 42.5 Å². The van der Waals surface area contributed by atoms with Crippen LogP contribution in [0.15, 0.2) is 29.0 Å². The number of fused-ring (bicyclic) bond motifs is 3. The molecule has 126 valence electrons. The average molecular weight is 349 g/mol. The van der Waals surface area contributed by atoms with Gasteiger partial charge in [-0.25, -0.2) is 4.98 Å². The Kier molecular flexibility index (Phi) is 4.36. The summed E-state index contributed by atoms with van der Waals surface area (Å²) in [4.78, 5) is 9.12. The second-order valence-corrected chi connectivity index (χ2v) is 5.19. The van der Waals surface area contributed by atoms with Gasteiger partial charge in [0.1, 0.15) is 0 Å². The summed E-state index contributed by atoms with van der Waals surface area (Å²) in [7, 11) is 1.85. The molecule has 0 radical (unpaired) electrons. The highest BCUT2D eigenvalue weighted by molar-refractivity contribution is 5.90. The highest BCUT2D eigenvalue weighted by Gasteiger charge is 2.17. The molecular formula is C14H17ClN8O. The molecule has 0 saturated heterocycles. The van der Waals surface area contributed by atoms with Crippen molar-refractivity contribution in [3.63, 3.8) is 0 Å². The Morgan fingerprint density at radius 2 is 2.17 bits per heavy atom. The lowest BCUT2D eigenvalue weighted by Crippen LogP contribution is -2.12. The van der Waals surface area contributed by atoms with Crippen LogP contribution in [0.3, 0.4) is 0 Å². The number of hydrogen-bond acceptors (Lipinski definition) is 7. The number of furan rings is 1. The first-order valence-corrected chi connectivity index (χ1v) is 7.34. The van der Waals surface area contributed by atoms with Crippen LogP contribution in [-0.2, 0) is 7.05 Å². The smallest absolute Gasteiger partial charge is 0.228 e. The van der Waals surface area contributed by atoms with Gasteiger partial charge >= 0.3 is 0 Å². The summed E-state index contributed by atoms with van der Waals surface area (Å²) in [6.45, 7) is 1.31. The summed E-state index contributed by atoms with van der Waals surface area (Å²) < 4.78 is 8.78. The van der Waals surface area contributed by atoms with Crippen LogP contribution in [0.5, 0.6) is 0 Å². The Morgan fingerprint density at radius 1 is 1.29 bits per heavy atom. The summed E-state index contributed by atoms with van der Waals surface area (Å²) in [6, 6.07) is 3.63. The maximum absolute atomic E-state index is 5.54. The molecule has 0 amide bonds. The molecule has 9 nitrogen and oxygen atoms in total. The SMILES string of the molecule is Cl.Cn1cc2c(nc(NCCCN)n3nc(-c4ccco4)nc23)n1. The fourth-order valence-corrected chi connectivity index (χ4v) is 2.43. The number of nitrogens with zero attached hydrogens (tertiary/aromatic N) is 6. The van der Waals surface area contributed by atoms with Crippen LogP contribution in [0.2, 0.25) is 0 Å². The lowest BCUT2D eigenvalue weighted by Gasteiger charge is -2.05. The predicted molar refractivity (Wildman–Crippen MR) is 92.2 cm³/mol. The summed E-state index contributed by atoms with van der Waals surface area (Å²) in [6.07, 6.45) is 4.31. The number of aryl methyl sites for hydroxylation is 1. The Morgan fingerprint density at radius 3 is 2.92 bits per heavy atom. The van der Waals surface area contributed by atoms with E-state index in [0.29, 0.717) is 41.9 Å². The van der Waals surface area contributed by atoms with Crippen molar-refractivity contribution in [2.45, 2.75) is 6.42 Å². The van der Waals surface area contributed by atoms with Crippen LogP contribution in [0, 0.1) is 0 Å². The topological polar surface area (TPSA) is 112 Å². The summed E-state index contributed by atoms with van der Waals surface area (Å²) in [5, 5.41) is 12.9. The van der Waals surface area contributed by atoms with E-state index < -0.39 is 0 Å². The molecule has 0 unspecified atom stereocenters. The number of hydrogen-bond donors (Lipinski definition) is 2. The van der Waals surface area contributed by atoms with E-state index in [2.05, 4.69) is 25.5 Å². The molecule has 4 rings (SSSR count). The molecule has 0 saturated carbocycles. The summed E-state index contributed by atoms with van der Waals surface area (Å²) in [5.74, 6) is 1.71. The molecule has 0 atom stereocenters. The van der Waals surface area contributed by atoms with E-state index in [1.54, 1.807) is 21.5 Å². The molecule has 0 spiro atoms. The number of rotatable bonds is 5. The van der Waals surface area contributed by atoms with Crippen LogP contribution in [0.1, 0.15) is 6.42 Å². The molecule has 4 heterocycles. The maximum Gasteiger partial charge on any atom is 0.228 e. The molecule has 0 fully saturated rings. The van der Waals surface area contributed by atoms with Gasteiger partial charge in [0.25, 0.3) is 0 Å². The fraction of sp³-hybridized carbons (Fsp3) is 0.286. The minimum atomic E-state index is 0. The second kappa shape index (κ2) is 6.46. The molecular weight excluding hydrogens is 332 g/mol. The predicted octanol–water partition coefficient (Wildman–Crippen LogP) is 1.45. The van der Waals surface area contributed by atoms with Crippen molar-refractivity contribution in [1.29, 1.82) is 0 Å². The zero-order valence-electron chi connectivity index (χ0n) is 13.0. The minimum absolute atomic E-state index is 0. The van der Waals surface area contributed by atoms with E-state index in [4.69, 9.17) is 10.2 Å². The first kappa shape index (κ1) is 16.2. The summed E-state index contributed by atoms with van der Waals surface area (Å²) in [5.41, 5.74) is 6.85. The third kappa shape index (κ3) is 2.68. The molecule has 0 aliphatic carbocycles. The van der Waals surface area contributed by atoms with Crippen molar-refractivity contribution in [3.8, 4) is 11.6 Å². The van der Waals surface area contributed by atoms with Crippen LogP contribution < -0.4 is 11.1 Å². The van der Waals surface area contributed by atoms with E-state index in [1.807, 2.05) is 19.3 Å². The number of aromatic nitrogens is 6. The van der Waals surface area contributed by atoms with E-state index in [1.165, 1.54) is 0 Å². The van der Waals surface area contributed by atoms with Crippen molar-refractivity contribution in [3.05, 3.63) is 24.6 Å². The zero-order chi connectivity index (χ0) is 15.8. The Labute approximate surface area is 143 Å². The molecule has 10 heteroatoms.